The molecule has 20 heavy (non-hydrogen) atoms. The molecule has 1 amide bonds. The predicted octanol–water partition coefficient (Wildman–Crippen LogP) is 0.766. The fourth-order valence-electron chi connectivity index (χ4n) is 4.31. The zero-order valence-corrected chi connectivity index (χ0v) is 12.7. The Labute approximate surface area is 120 Å². The van der Waals surface area contributed by atoms with Gasteiger partial charge >= 0.3 is 0 Å². The van der Waals surface area contributed by atoms with E-state index in [0.717, 1.165) is 32.5 Å². The molecule has 2 N–H and O–H groups in total. The lowest BCUT2D eigenvalue weighted by molar-refractivity contribution is -0.184. The fourth-order valence-corrected chi connectivity index (χ4v) is 4.31. The Bertz CT molecular complexity index is 406. The van der Waals surface area contributed by atoms with Gasteiger partial charge in [-0.2, -0.15) is 0 Å². The van der Waals surface area contributed by atoms with Gasteiger partial charge in [0.2, 0.25) is 5.91 Å². The van der Waals surface area contributed by atoms with Crippen LogP contribution in [0, 0.1) is 11.3 Å². The quantitative estimate of drug-likeness (QED) is 0.830. The molecule has 4 unspecified atom stereocenters. The minimum atomic E-state index is -0.790. The number of ether oxygens (including phenoxy) is 2. The fraction of sp³-hybridized carbons (Fsp3) is 0.933. The van der Waals surface area contributed by atoms with Crippen molar-refractivity contribution in [1.29, 1.82) is 0 Å². The second-order valence-electron chi connectivity index (χ2n) is 7.10. The van der Waals surface area contributed by atoms with Crippen LogP contribution in [0.5, 0.6) is 0 Å². The van der Waals surface area contributed by atoms with Crippen LogP contribution < -0.4 is 5.73 Å². The van der Waals surface area contributed by atoms with Crippen molar-refractivity contribution in [1.82, 2.24) is 4.90 Å². The van der Waals surface area contributed by atoms with Gasteiger partial charge in [-0.3, -0.25) is 4.79 Å². The minimum Gasteiger partial charge on any atom is -0.377 e. The number of hydrogen-bond acceptors (Lipinski definition) is 4. The lowest BCUT2D eigenvalue weighted by Gasteiger charge is -2.61. The second-order valence-corrected chi connectivity index (χ2v) is 7.10. The third-order valence-electron chi connectivity index (χ3n) is 5.66. The molecule has 2 aliphatic heterocycles. The third kappa shape index (κ3) is 1.76. The van der Waals surface area contributed by atoms with Crippen molar-refractivity contribution in [3.05, 3.63) is 0 Å². The van der Waals surface area contributed by atoms with Crippen LogP contribution in [0.2, 0.25) is 0 Å². The highest BCUT2D eigenvalue weighted by Crippen LogP contribution is 2.58. The maximum absolute atomic E-state index is 12.9. The van der Waals surface area contributed by atoms with Crippen LogP contribution in [0.15, 0.2) is 0 Å². The van der Waals surface area contributed by atoms with Crippen LogP contribution in [-0.2, 0) is 14.3 Å². The van der Waals surface area contributed by atoms with Crippen LogP contribution in [0.3, 0.4) is 0 Å². The number of rotatable bonds is 3. The van der Waals surface area contributed by atoms with Gasteiger partial charge in [0, 0.05) is 38.1 Å². The number of nitrogens with zero attached hydrogens (tertiary/aromatic N) is 1. The van der Waals surface area contributed by atoms with Gasteiger partial charge in [-0.1, -0.05) is 13.8 Å². The molecular weight excluding hydrogens is 256 g/mol. The molecule has 0 spiro atoms. The molecule has 114 valence electrons. The summed E-state index contributed by atoms with van der Waals surface area (Å²) in [6.45, 7) is 6.28. The lowest BCUT2D eigenvalue weighted by Crippen LogP contribution is -2.80. The van der Waals surface area contributed by atoms with E-state index in [9.17, 15) is 4.79 Å². The molecule has 3 rings (SSSR count). The van der Waals surface area contributed by atoms with E-state index in [1.165, 1.54) is 0 Å². The van der Waals surface area contributed by atoms with Gasteiger partial charge in [-0.15, -0.1) is 0 Å². The van der Waals surface area contributed by atoms with E-state index in [1.54, 1.807) is 4.90 Å². The Morgan fingerprint density at radius 3 is 2.70 bits per heavy atom. The highest BCUT2D eigenvalue weighted by atomic mass is 16.5. The summed E-state index contributed by atoms with van der Waals surface area (Å²) < 4.78 is 11.4. The molecule has 1 aliphatic carbocycles. The van der Waals surface area contributed by atoms with Crippen LogP contribution in [0.25, 0.3) is 0 Å². The first-order chi connectivity index (χ1) is 9.39. The average Bonchev–Trinajstić information content (AvgIpc) is 3.06. The van der Waals surface area contributed by atoms with E-state index in [2.05, 4.69) is 13.8 Å². The Hall–Kier alpha value is -0.650. The molecule has 0 radical (unpaired) electrons. The van der Waals surface area contributed by atoms with Crippen molar-refractivity contribution in [2.75, 3.05) is 26.8 Å². The van der Waals surface area contributed by atoms with Gasteiger partial charge in [-0.05, 0) is 19.3 Å². The minimum absolute atomic E-state index is 0.0461. The van der Waals surface area contributed by atoms with Crippen molar-refractivity contribution in [2.24, 2.45) is 17.1 Å². The lowest BCUT2D eigenvalue weighted by atomic mass is 9.47. The standard InChI is InChI=1S/C15H26N2O3/c1-14(2)12-11(6-8-20-12)15(14,16)13(18)17(3)9-10-5-4-7-19-10/h10-12H,4-9,16H2,1-3H3. The van der Waals surface area contributed by atoms with E-state index >= 15 is 0 Å². The number of carbonyl (C=O) groups is 1. The summed E-state index contributed by atoms with van der Waals surface area (Å²) in [4.78, 5) is 14.7. The van der Waals surface area contributed by atoms with Crippen molar-refractivity contribution in [2.45, 2.75) is 50.9 Å². The smallest absolute Gasteiger partial charge is 0.243 e. The molecule has 5 heteroatoms. The topological polar surface area (TPSA) is 64.8 Å². The number of carbonyl (C=O) groups excluding carboxylic acids is 1. The highest BCUT2D eigenvalue weighted by molar-refractivity contribution is 5.89. The summed E-state index contributed by atoms with van der Waals surface area (Å²) >= 11 is 0. The Balaban J connectivity index is 1.72. The van der Waals surface area contributed by atoms with Gasteiger partial charge in [0.15, 0.2) is 0 Å². The van der Waals surface area contributed by atoms with Crippen molar-refractivity contribution < 1.29 is 14.3 Å². The van der Waals surface area contributed by atoms with Crippen molar-refractivity contribution in [3.63, 3.8) is 0 Å². The molecule has 2 heterocycles. The third-order valence-corrected chi connectivity index (χ3v) is 5.66. The zero-order chi connectivity index (χ0) is 14.5. The summed E-state index contributed by atoms with van der Waals surface area (Å²) in [7, 11) is 1.85. The van der Waals surface area contributed by atoms with Gasteiger partial charge in [0.05, 0.1) is 12.2 Å². The van der Waals surface area contributed by atoms with Crippen molar-refractivity contribution in [3.8, 4) is 0 Å². The summed E-state index contributed by atoms with van der Waals surface area (Å²) in [6, 6.07) is 0. The van der Waals surface area contributed by atoms with Gasteiger partial charge in [-0.25, -0.2) is 0 Å². The van der Waals surface area contributed by atoms with Crippen LogP contribution >= 0.6 is 0 Å². The van der Waals surface area contributed by atoms with E-state index in [4.69, 9.17) is 15.2 Å². The summed E-state index contributed by atoms with van der Waals surface area (Å²) in [6.07, 6.45) is 3.32. The highest BCUT2D eigenvalue weighted by Gasteiger charge is 2.71. The molecule has 0 aromatic carbocycles. The number of hydrogen-bond donors (Lipinski definition) is 1. The van der Waals surface area contributed by atoms with E-state index in [0.29, 0.717) is 6.54 Å². The van der Waals surface area contributed by atoms with E-state index in [-0.39, 0.29) is 29.4 Å². The zero-order valence-electron chi connectivity index (χ0n) is 12.7. The molecule has 0 aromatic heterocycles. The van der Waals surface area contributed by atoms with Gasteiger partial charge in [0.1, 0.15) is 5.54 Å². The number of nitrogens with two attached hydrogens (primary N) is 1. The Morgan fingerprint density at radius 2 is 2.05 bits per heavy atom. The molecule has 0 aromatic rings. The molecule has 4 atom stereocenters. The monoisotopic (exact) mass is 282 g/mol. The first-order valence-corrected chi connectivity index (χ1v) is 7.66. The second kappa shape index (κ2) is 4.68. The SMILES string of the molecule is CN(CC1CCCO1)C(=O)C1(N)C2CCOC2C1(C)C. The maximum atomic E-state index is 12.9. The van der Waals surface area contributed by atoms with E-state index < -0.39 is 5.54 Å². The van der Waals surface area contributed by atoms with Crippen molar-refractivity contribution >= 4 is 5.91 Å². The normalized spacial score (nSPS) is 42.1. The van der Waals surface area contributed by atoms with Crippen LogP contribution in [0.4, 0.5) is 0 Å². The number of likely N-dealkylation sites (N-methyl/N-ethyl adjacent to an activating group) is 1. The maximum Gasteiger partial charge on any atom is 0.243 e. The average molecular weight is 282 g/mol. The molecule has 3 aliphatic rings. The first kappa shape index (κ1) is 14.3. The predicted molar refractivity (Wildman–Crippen MR) is 75.2 cm³/mol. The largest absolute Gasteiger partial charge is 0.377 e. The molecule has 5 nitrogen and oxygen atoms in total. The Morgan fingerprint density at radius 1 is 1.30 bits per heavy atom. The first-order valence-electron chi connectivity index (χ1n) is 7.66. The molecule has 1 saturated carbocycles. The molecule has 2 saturated heterocycles. The summed E-state index contributed by atoms with van der Waals surface area (Å²) in [5.74, 6) is 0.210. The summed E-state index contributed by atoms with van der Waals surface area (Å²) in [5.41, 5.74) is 5.49. The molecule has 3 fully saturated rings. The molecule has 0 bridgehead atoms. The van der Waals surface area contributed by atoms with Crippen LogP contribution in [0.1, 0.15) is 33.1 Å². The molecular formula is C15H26N2O3. The number of fused-ring (bicyclic) bond motifs is 1. The van der Waals surface area contributed by atoms with E-state index in [1.807, 2.05) is 7.05 Å². The van der Waals surface area contributed by atoms with Gasteiger partial charge < -0.3 is 20.1 Å². The van der Waals surface area contributed by atoms with Crippen LogP contribution in [-0.4, -0.2) is 55.4 Å². The Kier molecular flexibility index (Phi) is 3.35. The number of amides is 1. The van der Waals surface area contributed by atoms with Gasteiger partial charge in [0.25, 0.3) is 0 Å². The summed E-state index contributed by atoms with van der Waals surface area (Å²) in [5, 5.41) is 0.